The van der Waals surface area contributed by atoms with Gasteiger partial charge in [0.25, 0.3) is 0 Å². The van der Waals surface area contributed by atoms with E-state index in [1.807, 2.05) is 36.4 Å². The fourth-order valence-electron chi connectivity index (χ4n) is 9.11. The van der Waals surface area contributed by atoms with Gasteiger partial charge in [0.15, 0.2) is 0 Å². The lowest BCUT2D eigenvalue weighted by molar-refractivity contribution is 0.222. The van der Waals surface area contributed by atoms with E-state index < -0.39 is 12.2 Å². The Labute approximate surface area is 323 Å². The van der Waals surface area contributed by atoms with E-state index in [1.54, 1.807) is 0 Å². The van der Waals surface area contributed by atoms with Gasteiger partial charge in [0.05, 0.1) is 0 Å². The highest BCUT2D eigenvalue weighted by molar-refractivity contribution is 6.24. The monoisotopic (exact) mass is 716 g/mol. The van der Waals surface area contributed by atoms with E-state index in [4.69, 9.17) is 0 Å². The molecule has 0 saturated heterocycles. The zero-order valence-corrected chi connectivity index (χ0v) is 30.5. The number of hydrogen-bond donors (Lipinski definition) is 2. The molecule has 2 unspecified atom stereocenters. The largest absolute Gasteiger partial charge is 0.384 e. The summed E-state index contributed by atoms with van der Waals surface area (Å²) < 4.78 is 0. The number of fused-ring (bicyclic) bond motifs is 2. The van der Waals surface area contributed by atoms with Crippen molar-refractivity contribution in [2.45, 2.75) is 12.2 Å². The SMILES string of the molecule is OC(c1ccc2ccccc2c1)c1ccc2ccc3cccc4ccc1c2c34.OC(c1ccc2ccccc2c1)c1ccc2ccc3cccc4ccc1c2c34. The van der Waals surface area contributed by atoms with Crippen LogP contribution in [-0.4, -0.2) is 10.2 Å². The van der Waals surface area contributed by atoms with Crippen LogP contribution in [0.15, 0.2) is 194 Å². The Balaban J connectivity index is 0.000000130. The van der Waals surface area contributed by atoms with Crippen LogP contribution in [0.1, 0.15) is 34.5 Å². The second kappa shape index (κ2) is 12.9. The molecule has 0 aliphatic rings. The van der Waals surface area contributed by atoms with Gasteiger partial charge in [-0.25, -0.2) is 0 Å². The van der Waals surface area contributed by atoms with Crippen molar-refractivity contribution in [2.24, 2.45) is 0 Å². The summed E-state index contributed by atoms with van der Waals surface area (Å²) >= 11 is 0. The smallest absolute Gasteiger partial charge is 0.105 e. The zero-order chi connectivity index (χ0) is 37.3. The standard InChI is InChI=1S/2C27H18O/c2*28-27(22-11-8-17-4-1-2-5-21(17)16-22)24-15-13-20-10-9-18-6-3-7-19-12-14-23(24)26(20)25(18)19/h2*1-16,27-28H. The lowest BCUT2D eigenvalue weighted by Crippen LogP contribution is -2.01. The summed E-state index contributed by atoms with van der Waals surface area (Å²) in [6, 6.07) is 67.6. The number of benzene rings is 12. The average Bonchev–Trinajstić information content (AvgIpc) is 3.26. The molecular weight excluding hydrogens is 681 g/mol. The highest BCUT2D eigenvalue weighted by Gasteiger charge is 2.19. The molecule has 12 aromatic carbocycles. The van der Waals surface area contributed by atoms with Gasteiger partial charge in [-0.1, -0.05) is 182 Å². The maximum absolute atomic E-state index is 11.3. The third-order valence-electron chi connectivity index (χ3n) is 11.9. The Bertz CT molecular complexity index is 3150. The molecule has 2 atom stereocenters. The van der Waals surface area contributed by atoms with Crippen LogP contribution in [0, 0.1) is 0 Å². The first kappa shape index (κ1) is 32.6. The molecule has 0 aromatic heterocycles. The van der Waals surface area contributed by atoms with Crippen molar-refractivity contribution < 1.29 is 10.2 Å². The van der Waals surface area contributed by atoms with E-state index >= 15 is 0 Å². The first-order valence-electron chi connectivity index (χ1n) is 19.3. The zero-order valence-electron chi connectivity index (χ0n) is 30.5. The van der Waals surface area contributed by atoms with Crippen LogP contribution < -0.4 is 0 Å². The van der Waals surface area contributed by atoms with Crippen molar-refractivity contribution in [3.8, 4) is 0 Å². The summed E-state index contributed by atoms with van der Waals surface area (Å²) in [5.41, 5.74) is 3.77. The predicted molar refractivity (Wildman–Crippen MR) is 236 cm³/mol. The van der Waals surface area contributed by atoms with E-state index in [1.165, 1.54) is 64.6 Å². The molecule has 0 heterocycles. The fourth-order valence-corrected chi connectivity index (χ4v) is 9.11. The van der Waals surface area contributed by atoms with Crippen LogP contribution in [0.3, 0.4) is 0 Å². The van der Waals surface area contributed by atoms with Gasteiger partial charge in [-0.2, -0.15) is 0 Å². The maximum atomic E-state index is 11.3. The third-order valence-corrected chi connectivity index (χ3v) is 11.9. The van der Waals surface area contributed by atoms with Crippen LogP contribution in [0.2, 0.25) is 0 Å². The third kappa shape index (κ3) is 5.19. The minimum absolute atomic E-state index is 0.658. The Kier molecular flexibility index (Phi) is 7.50. The van der Waals surface area contributed by atoms with Crippen molar-refractivity contribution >= 4 is 86.2 Å². The summed E-state index contributed by atoms with van der Waals surface area (Å²) in [6.45, 7) is 0. The van der Waals surface area contributed by atoms with Gasteiger partial charge >= 0.3 is 0 Å². The number of aliphatic hydroxyl groups excluding tert-OH is 2. The molecule has 0 spiro atoms. The Morgan fingerprint density at radius 3 is 0.964 bits per heavy atom. The minimum Gasteiger partial charge on any atom is -0.384 e. The lowest BCUT2D eigenvalue weighted by atomic mass is 9.89. The predicted octanol–water partition coefficient (Wildman–Crippen LogP) is 13.6. The lowest BCUT2D eigenvalue weighted by Gasteiger charge is -2.18. The molecule has 12 aromatic rings. The van der Waals surface area contributed by atoms with Gasteiger partial charge in [0.1, 0.15) is 12.2 Å². The van der Waals surface area contributed by atoms with E-state index in [0.29, 0.717) is 0 Å². The topological polar surface area (TPSA) is 40.5 Å². The van der Waals surface area contributed by atoms with E-state index in [9.17, 15) is 10.2 Å². The second-order valence-corrected chi connectivity index (χ2v) is 15.0. The normalized spacial score (nSPS) is 13.0. The molecule has 0 fully saturated rings. The molecule has 2 N–H and O–H groups in total. The molecule has 0 radical (unpaired) electrons. The van der Waals surface area contributed by atoms with Crippen LogP contribution in [-0.2, 0) is 0 Å². The van der Waals surface area contributed by atoms with Gasteiger partial charge in [-0.15, -0.1) is 0 Å². The van der Waals surface area contributed by atoms with Crippen LogP contribution in [0.4, 0.5) is 0 Å². The number of aliphatic hydroxyl groups is 2. The summed E-state index contributed by atoms with van der Waals surface area (Å²) in [6.07, 6.45) is -1.32. The molecule has 0 saturated carbocycles. The van der Waals surface area contributed by atoms with Crippen molar-refractivity contribution in [3.05, 3.63) is 216 Å². The number of rotatable bonds is 4. The summed E-state index contributed by atoms with van der Waals surface area (Å²) in [5, 5.41) is 42.0. The first-order valence-corrected chi connectivity index (χ1v) is 19.3. The first-order chi connectivity index (χ1) is 27.6. The molecule has 0 aliphatic heterocycles. The van der Waals surface area contributed by atoms with E-state index in [0.717, 1.165) is 43.8 Å². The van der Waals surface area contributed by atoms with Crippen LogP contribution in [0.5, 0.6) is 0 Å². The Morgan fingerprint density at radius 1 is 0.250 bits per heavy atom. The van der Waals surface area contributed by atoms with Crippen molar-refractivity contribution in [1.82, 2.24) is 0 Å². The molecular formula is C54H36O2. The van der Waals surface area contributed by atoms with Gasteiger partial charge in [0, 0.05) is 0 Å². The minimum atomic E-state index is -0.658. The highest BCUT2D eigenvalue weighted by atomic mass is 16.3. The molecule has 2 heteroatoms. The molecule has 12 rings (SSSR count). The van der Waals surface area contributed by atoms with E-state index in [2.05, 4.69) is 158 Å². The highest BCUT2D eigenvalue weighted by Crippen LogP contribution is 2.41. The molecule has 56 heavy (non-hydrogen) atoms. The van der Waals surface area contributed by atoms with Crippen molar-refractivity contribution in [1.29, 1.82) is 0 Å². The fraction of sp³-hybridized carbons (Fsp3) is 0.0370. The average molecular weight is 717 g/mol. The molecule has 2 nitrogen and oxygen atoms in total. The summed E-state index contributed by atoms with van der Waals surface area (Å²) in [5.74, 6) is 0. The van der Waals surface area contributed by atoms with Gasteiger partial charge in [0.2, 0.25) is 0 Å². The van der Waals surface area contributed by atoms with Gasteiger partial charge < -0.3 is 10.2 Å². The quantitative estimate of drug-likeness (QED) is 0.178. The van der Waals surface area contributed by atoms with Crippen molar-refractivity contribution in [3.63, 3.8) is 0 Å². The molecule has 0 bridgehead atoms. The Morgan fingerprint density at radius 2 is 0.554 bits per heavy atom. The summed E-state index contributed by atoms with van der Waals surface area (Å²) in [4.78, 5) is 0. The molecule has 0 aliphatic carbocycles. The maximum Gasteiger partial charge on any atom is 0.105 e. The van der Waals surface area contributed by atoms with E-state index in [-0.39, 0.29) is 0 Å². The molecule has 264 valence electrons. The van der Waals surface area contributed by atoms with Crippen LogP contribution >= 0.6 is 0 Å². The Hall–Kier alpha value is -6.84. The number of hydrogen-bond acceptors (Lipinski definition) is 2. The summed E-state index contributed by atoms with van der Waals surface area (Å²) in [7, 11) is 0. The van der Waals surface area contributed by atoms with Gasteiger partial charge in [-0.05, 0) is 121 Å². The second-order valence-electron chi connectivity index (χ2n) is 15.0. The van der Waals surface area contributed by atoms with Crippen LogP contribution in [0.25, 0.3) is 86.2 Å². The van der Waals surface area contributed by atoms with Crippen molar-refractivity contribution in [2.75, 3.05) is 0 Å². The van der Waals surface area contributed by atoms with Gasteiger partial charge in [-0.3, -0.25) is 0 Å². The molecule has 0 amide bonds.